The number of hydrogen-bond donors (Lipinski definition) is 2. The van der Waals surface area contributed by atoms with Gasteiger partial charge in [0.25, 0.3) is 0 Å². The van der Waals surface area contributed by atoms with Gasteiger partial charge in [0.1, 0.15) is 18.0 Å². The molecular formula is C25H30CeFN2O7S2-. The minimum absolute atomic E-state index is 0. The molecule has 0 saturated carbocycles. The van der Waals surface area contributed by atoms with Crippen LogP contribution in [0.5, 0.6) is 0 Å². The summed E-state index contributed by atoms with van der Waals surface area (Å²) in [7, 11) is -1.30. The average molecular weight is 694 g/mol. The summed E-state index contributed by atoms with van der Waals surface area (Å²) >= 11 is 0.816. The van der Waals surface area contributed by atoms with Gasteiger partial charge in [0.05, 0.1) is 0 Å². The number of halogens is 1. The van der Waals surface area contributed by atoms with Crippen LogP contribution >= 0.6 is 11.3 Å². The second-order valence-corrected chi connectivity index (χ2v) is 10.8. The first-order chi connectivity index (χ1) is 17.5. The molecule has 1 heterocycles. The van der Waals surface area contributed by atoms with E-state index in [0.29, 0.717) is 12.3 Å². The number of hydrogen-bond acceptors (Lipinski definition) is 8. The molecule has 0 spiro atoms. The van der Waals surface area contributed by atoms with E-state index in [9.17, 15) is 22.7 Å². The Hall–Kier alpha value is -1.23. The molecule has 13 heteroatoms. The van der Waals surface area contributed by atoms with Crippen LogP contribution in [0.1, 0.15) is 40.9 Å². The molecule has 0 radical (unpaired) electrons. The number of benzene rings is 1. The zero-order chi connectivity index (χ0) is 27.3. The van der Waals surface area contributed by atoms with Gasteiger partial charge >= 0.3 is 0 Å². The van der Waals surface area contributed by atoms with E-state index in [4.69, 9.17) is 14.2 Å². The second-order valence-electron chi connectivity index (χ2n) is 8.04. The molecule has 0 fully saturated rings. The van der Waals surface area contributed by atoms with Gasteiger partial charge in [-0.1, -0.05) is 6.08 Å². The zero-order valence-electron chi connectivity index (χ0n) is 21.6. The molecule has 206 valence electrons. The first-order valence-electron chi connectivity index (χ1n) is 11.5. The van der Waals surface area contributed by atoms with Crippen LogP contribution in [0.15, 0.2) is 47.0 Å². The number of anilines is 1. The smallest absolute Gasteiger partial charge is 0.208 e. The molecule has 3 atom stereocenters. The summed E-state index contributed by atoms with van der Waals surface area (Å²) in [5.74, 6) is -1.42. The Morgan fingerprint density at radius 2 is 2.00 bits per heavy atom. The summed E-state index contributed by atoms with van der Waals surface area (Å²) < 4.78 is 58.6. The maximum atomic E-state index is 14.5. The number of aliphatic hydroxyl groups excluding tert-OH is 1. The maximum Gasteiger partial charge on any atom is 0.208 e. The van der Waals surface area contributed by atoms with Gasteiger partial charge in [-0.15, -0.1) is 5.38 Å². The van der Waals surface area contributed by atoms with Gasteiger partial charge in [-0.3, -0.25) is 20.4 Å². The number of carbonyl (C=O) groups is 1. The summed E-state index contributed by atoms with van der Waals surface area (Å²) in [6.07, 6.45) is 2.73. The molecule has 1 aliphatic carbocycles. The molecular weight excluding hydrogens is 664 g/mol. The number of carbonyl (C=O) groups excluding carboxylic acids is 1. The minimum atomic E-state index is -4.17. The number of aliphatic hydroxyl groups is 1. The number of allylic oxidation sites excluding steroid dienone is 1. The first kappa shape index (κ1) is 33.0. The topological polar surface area (TPSA) is 114 Å². The molecule has 0 aliphatic heterocycles. The van der Waals surface area contributed by atoms with Gasteiger partial charge in [0.2, 0.25) is 10.0 Å². The van der Waals surface area contributed by atoms with E-state index in [1.54, 1.807) is 25.2 Å². The summed E-state index contributed by atoms with van der Waals surface area (Å²) in [5.41, 5.74) is 0.650. The number of nitrogens with zero attached hydrogens (tertiary/aromatic N) is 1. The quantitative estimate of drug-likeness (QED) is 0.272. The molecule has 1 aromatic carbocycles. The Morgan fingerprint density at radius 1 is 1.29 bits per heavy atom. The minimum Gasteiger partial charge on any atom is -0.374 e. The Bertz CT molecular complexity index is 1300. The van der Waals surface area contributed by atoms with E-state index in [2.05, 4.69) is 10.7 Å². The van der Waals surface area contributed by atoms with Crippen LogP contribution < -0.4 is 5.32 Å². The van der Waals surface area contributed by atoms with Crippen molar-refractivity contribution in [3.63, 3.8) is 0 Å². The number of methoxy groups -OCH3 is 1. The molecule has 2 N–H and O–H groups in total. The second kappa shape index (κ2) is 14.4. The maximum absolute atomic E-state index is 14.5. The zero-order valence-corrected chi connectivity index (χ0v) is 26.4. The van der Waals surface area contributed by atoms with E-state index >= 15 is 0 Å². The Balaban J connectivity index is 0.00000507. The number of thiophene rings is 1. The van der Waals surface area contributed by atoms with E-state index in [0.717, 1.165) is 21.7 Å². The van der Waals surface area contributed by atoms with Crippen molar-refractivity contribution in [1.29, 1.82) is 0 Å². The number of amides is 1. The Morgan fingerprint density at radius 3 is 2.63 bits per heavy atom. The van der Waals surface area contributed by atoms with Crippen LogP contribution in [-0.2, 0) is 24.2 Å². The van der Waals surface area contributed by atoms with Gasteiger partial charge in [-0.2, -0.15) is 6.07 Å². The van der Waals surface area contributed by atoms with E-state index in [1.807, 2.05) is 6.92 Å². The van der Waals surface area contributed by atoms with Gasteiger partial charge in [0, 0.05) is 91.6 Å². The van der Waals surface area contributed by atoms with Gasteiger partial charge in [-0.05, 0) is 54.8 Å². The SMILES string of the molecule is CCOC(O)c1cc(F)c(C)c(NC(=O)c2s[c-]cc2S(=O)(=O)N(C)C2=CC(OC)C(OCC)C=C2)c1.[Ce]. The predicted octanol–water partition coefficient (Wildman–Crippen LogP) is 3.77. The molecule has 2 aromatic rings. The van der Waals surface area contributed by atoms with Crippen molar-refractivity contribution >= 4 is 33.0 Å². The number of ether oxygens (including phenoxy) is 3. The Labute approximate surface area is 260 Å². The number of rotatable bonds is 11. The first-order valence-corrected chi connectivity index (χ1v) is 13.7. The molecule has 3 unspecified atom stereocenters. The van der Waals surface area contributed by atoms with Crippen molar-refractivity contribution < 1.29 is 78.7 Å². The predicted molar refractivity (Wildman–Crippen MR) is 137 cm³/mol. The monoisotopic (exact) mass is 693 g/mol. The molecule has 9 nitrogen and oxygen atoms in total. The van der Waals surface area contributed by atoms with E-state index < -0.39 is 34.1 Å². The van der Waals surface area contributed by atoms with E-state index in [1.165, 1.54) is 33.2 Å². The fourth-order valence-corrected chi connectivity index (χ4v) is 6.02. The standard InChI is InChI=1S/C25H30FN2O7S2.Ce/c1-6-34-20-9-8-17(14-21(20)33-5)28(4)37(31,32)22-10-11-36-23(22)24(29)27-19-13-16(25(30)35-7-2)12-18(26)15(19)3;/h8-10,12-14,20-21,25,30H,6-7H2,1-5H3,(H,27,29);/q-1;. The van der Waals surface area contributed by atoms with Crippen molar-refractivity contribution in [3.8, 4) is 0 Å². The molecule has 0 saturated heterocycles. The fourth-order valence-electron chi connectivity index (χ4n) is 3.68. The van der Waals surface area contributed by atoms with Crippen LogP contribution in [0, 0.1) is 59.9 Å². The van der Waals surface area contributed by atoms with Crippen molar-refractivity contribution in [1.82, 2.24) is 4.31 Å². The molecule has 1 aromatic heterocycles. The van der Waals surface area contributed by atoms with E-state index in [-0.39, 0.29) is 81.0 Å². The van der Waals surface area contributed by atoms with Crippen LogP contribution in [0.2, 0.25) is 0 Å². The third kappa shape index (κ3) is 7.28. The largest absolute Gasteiger partial charge is 0.374 e. The summed E-state index contributed by atoms with van der Waals surface area (Å²) in [6, 6.07) is 3.72. The van der Waals surface area contributed by atoms with Crippen molar-refractivity contribution in [2.75, 3.05) is 32.7 Å². The molecule has 1 aliphatic rings. The number of sulfonamides is 1. The molecule has 1 amide bonds. The van der Waals surface area contributed by atoms with Crippen molar-refractivity contribution in [3.05, 3.63) is 69.3 Å². The molecule has 38 heavy (non-hydrogen) atoms. The van der Waals surface area contributed by atoms with Crippen LogP contribution in [-0.4, -0.2) is 63.3 Å². The van der Waals surface area contributed by atoms with Crippen LogP contribution in [0.4, 0.5) is 10.1 Å². The fraction of sp³-hybridized carbons (Fsp3) is 0.400. The van der Waals surface area contributed by atoms with Crippen molar-refractivity contribution in [2.24, 2.45) is 0 Å². The third-order valence-corrected chi connectivity index (χ3v) is 8.54. The van der Waals surface area contributed by atoms with Gasteiger partial charge in [-0.25, -0.2) is 12.8 Å². The van der Waals surface area contributed by atoms with Gasteiger partial charge in [0.15, 0.2) is 12.2 Å². The number of nitrogens with one attached hydrogen (secondary N) is 1. The summed E-state index contributed by atoms with van der Waals surface area (Å²) in [4.78, 5) is 12.8. The van der Waals surface area contributed by atoms with Crippen LogP contribution in [0.25, 0.3) is 0 Å². The third-order valence-electron chi connectivity index (χ3n) is 5.75. The number of likely N-dealkylation sites (N-methyl/N-ethyl adjacent to an activating group) is 1. The molecule has 3 rings (SSSR count). The Kier molecular flexibility index (Phi) is 12.5. The van der Waals surface area contributed by atoms with Crippen molar-refractivity contribution in [2.45, 2.75) is 44.2 Å². The average Bonchev–Trinajstić information content (AvgIpc) is 3.38. The van der Waals surface area contributed by atoms with Gasteiger partial charge < -0.3 is 24.6 Å². The van der Waals surface area contributed by atoms with Crippen LogP contribution in [0.3, 0.4) is 0 Å². The molecule has 0 bridgehead atoms. The summed E-state index contributed by atoms with van der Waals surface area (Å²) in [5, 5.41) is 15.3. The summed E-state index contributed by atoms with van der Waals surface area (Å²) in [6.45, 7) is 5.64. The normalized spacial score (nSPS) is 17.9.